The van der Waals surface area contributed by atoms with Crippen molar-refractivity contribution in [3.63, 3.8) is 0 Å². The van der Waals surface area contributed by atoms with Crippen LogP contribution < -0.4 is 19.5 Å². The third-order valence-corrected chi connectivity index (χ3v) is 5.75. The standard InChI is InChI=1S/C25H20F4N2O6/c1-34-20-12-14(23(33)35-2)5-7-16(20)22(32)31-24(9-11-36-19-4-3-10-30-21(19)24)15-6-8-18(17(26)13-15)37-25(27,28)29/h3-8,10,12-13H,9,11H2,1-2H3,(H,31,32)/t24-/m0/s1. The predicted molar refractivity (Wildman–Crippen MR) is 120 cm³/mol. The molecule has 12 heteroatoms. The van der Waals surface area contributed by atoms with E-state index in [4.69, 9.17) is 9.47 Å². The average Bonchev–Trinajstić information content (AvgIpc) is 2.88. The first-order valence-corrected chi connectivity index (χ1v) is 10.8. The van der Waals surface area contributed by atoms with Gasteiger partial charge in [0.25, 0.3) is 5.91 Å². The third kappa shape index (κ3) is 5.13. The lowest BCUT2D eigenvalue weighted by atomic mass is 9.81. The van der Waals surface area contributed by atoms with E-state index >= 15 is 0 Å². The summed E-state index contributed by atoms with van der Waals surface area (Å²) in [6.45, 7) is 0.0831. The van der Waals surface area contributed by atoms with Crippen LogP contribution in [-0.4, -0.2) is 44.0 Å². The molecule has 1 aliphatic heterocycles. The lowest BCUT2D eigenvalue weighted by molar-refractivity contribution is -0.275. The number of ether oxygens (including phenoxy) is 4. The second-order valence-electron chi connectivity index (χ2n) is 7.91. The van der Waals surface area contributed by atoms with Gasteiger partial charge in [-0.15, -0.1) is 13.2 Å². The monoisotopic (exact) mass is 520 g/mol. The third-order valence-electron chi connectivity index (χ3n) is 5.75. The average molecular weight is 520 g/mol. The number of rotatable bonds is 6. The Labute approximate surface area is 208 Å². The van der Waals surface area contributed by atoms with Gasteiger partial charge in [0, 0.05) is 12.6 Å². The maximum absolute atomic E-state index is 14.8. The molecule has 2 heterocycles. The smallest absolute Gasteiger partial charge is 0.496 e. The van der Waals surface area contributed by atoms with Gasteiger partial charge in [0.05, 0.1) is 32.0 Å². The molecule has 0 fully saturated rings. The van der Waals surface area contributed by atoms with E-state index in [1.807, 2.05) is 0 Å². The lowest BCUT2D eigenvalue weighted by Gasteiger charge is -2.39. The van der Waals surface area contributed by atoms with Crippen molar-refractivity contribution in [1.82, 2.24) is 10.3 Å². The van der Waals surface area contributed by atoms with E-state index in [0.29, 0.717) is 5.75 Å². The number of esters is 1. The van der Waals surface area contributed by atoms with E-state index in [1.54, 1.807) is 12.1 Å². The fraction of sp³-hybridized carbons (Fsp3) is 0.240. The number of methoxy groups -OCH3 is 2. The van der Waals surface area contributed by atoms with Crippen molar-refractivity contribution in [3.05, 3.63) is 82.9 Å². The lowest BCUT2D eigenvalue weighted by Crippen LogP contribution is -2.50. The zero-order chi connectivity index (χ0) is 26.8. The summed E-state index contributed by atoms with van der Waals surface area (Å²) in [4.78, 5) is 29.7. The van der Waals surface area contributed by atoms with Gasteiger partial charge in [-0.3, -0.25) is 9.78 Å². The van der Waals surface area contributed by atoms with E-state index in [2.05, 4.69) is 19.8 Å². The molecule has 3 aromatic rings. The number of hydrogen-bond acceptors (Lipinski definition) is 7. The molecule has 194 valence electrons. The van der Waals surface area contributed by atoms with Crippen LogP contribution in [0, 0.1) is 5.82 Å². The molecule has 4 rings (SSSR count). The Morgan fingerprint density at radius 1 is 1.08 bits per heavy atom. The molecule has 1 amide bonds. The highest BCUT2D eigenvalue weighted by Crippen LogP contribution is 2.42. The van der Waals surface area contributed by atoms with E-state index in [9.17, 15) is 27.2 Å². The molecule has 0 spiro atoms. The van der Waals surface area contributed by atoms with Gasteiger partial charge in [-0.05, 0) is 48.0 Å². The second-order valence-corrected chi connectivity index (χ2v) is 7.91. The zero-order valence-electron chi connectivity index (χ0n) is 19.5. The van der Waals surface area contributed by atoms with Crippen LogP contribution in [0.2, 0.25) is 0 Å². The first-order chi connectivity index (χ1) is 17.6. The van der Waals surface area contributed by atoms with Gasteiger partial charge >= 0.3 is 12.3 Å². The zero-order valence-corrected chi connectivity index (χ0v) is 19.5. The first-order valence-electron chi connectivity index (χ1n) is 10.8. The van der Waals surface area contributed by atoms with Gasteiger partial charge in [0.2, 0.25) is 0 Å². The Bertz CT molecular complexity index is 1350. The summed E-state index contributed by atoms with van der Waals surface area (Å²) in [7, 11) is 2.52. The summed E-state index contributed by atoms with van der Waals surface area (Å²) in [5, 5.41) is 2.85. The van der Waals surface area contributed by atoms with Crippen LogP contribution in [0.25, 0.3) is 0 Å². The highest BCUT2D eigenvalue weighted by atomic mass is 19.4. The van der Waals surface area contributed by atoms with Gasteiger partial charge in [-0.1, -0.05) is 6.07 Å². The van der Waals surface area contributed by atoms with Crippen molar-refractivity contribution < 1.29 is 46.1 Å². The van der Waals surface area contributed by atoms with Crippen molar-refractivity contribution in [1.29, 1.82) is 0 Å². The number of alkyl halides is 3. The summed E-state index contributed by atoms with van der Waals surface area (Å²) in [5.41, 5.74) is -0.970. The van der Waals surface area contributed by atoms with Gasteiger partial charge in [0.1, 0.15) is 22.7 Å². The second kappa shape index (κ2) is 9.96. The van der Waals surface area contributed by atoms with Gasteiger partial charge in [-0.2, -0.15) is 0 Å². The molecule has 1 aliphatic rings. The van der Waals surface area contributed by atoms with E-state index in [-0.39, 0.29) is 41.2 Å². The molecule has 0 radical (unpaired) electrons. The molecular formula is C25H20F4N2O6. The Hall–Kier alpha value is -4.35. The summed E-state index contributed by atoms with van der Waals surface area (Å²) in [5.74, 6) is -3.26. The Balaban J connectivity index is 1.80. The number of aromatic nitrogens is 1. The predicted octanol–water partition coefficient (Wildman–Crippen LogP) is 4.37. The SMILES string of the molecule is COC(=O)c1ccc(C(=O)N[C@]2(c3ccc(OC(F)(F)F)c(F)c3)CCOc3cccnc32)c(OC)c1. The van der Waals surface area contributed by atoms with Crippen LogP contribution in [0.1, 0.15) is 38.4 Å². The van der Waals surface area contributed by atoms with Crippen molar-refractivity contribution in [2.45, 2.75) is 18.3 Å². The molecule has 37 heavy (non-hydrogen) atoms. The molecule has 2 aromatic carbocycles. The Morgan fingerprint density at radius 2 is 1.86 bits per heavy atom. The molecule has 8 nitrogen and oxygen atoms in total. The summed E-state index contributed by atoms with van der Waals surface area (Å²) in [6.07, 6.45) is -3.57. The van der Waals surface area contributed by atoms with Crippen LogP contribution in [0.15, 0.2) is 54.7 Å². The minimum atomic E-state index is -5.09. The summed E-state index contributed by atoms with van der Waals surface area (Å²) >= 11 is 0. The molecule has 1 N–H and O–H groups in total. The van der Waals surface area contributed by atoms with Gasteiger partial charge < -0.3 is 24.3 Å². The topological polar surface area (TPSA) is 96.0 Å². The summed E-state index contributed by atoms with van der Waals surface area (Å²) < 4.78 is 72.1. The number of nitrogens with zero attached hydrogens (tertiary/aromatic N) is 1. The van der Waals surface area contributed by atoms with E-state index < -0.39 is 35.3 Å². The first kappa shape index (κ1) is 25.7. The van der Waals surface area contributed by atoms with Crippen molar-refractivity contribution >= 4 is 11.9 Å². The van der Waals surface area contributed by atoms with Crippen molar-refractivity contribution in [2.75, 3.05) is 20.8 Å². The molecule has 0 unspecified atom stereocenters. The maximum Gasteiger partial charge on any atom is 0.573 e. The van der Waals surface area contributed by atoms with Crippen LogP contribution in [-0.2, 0) is 10.3 Å². The molecule has 1 atom stereocenters. The van der Waals surface area contributed by atoms with Crippen LogP contribution >= 0.6 is 0 Å². The molecule has 0 aliphatic carbocycles. The van der Waals surface area contributed by atoms with Gasteiger partial charge in [0.15, 0.2) is 11.6 Å². The minimum Gasteiger partial charge on any atom is -0.496 e. The number of carbonyl (C=O) groups excluding carboxylic acids is 2. The van der Waals surface area contributed by atoms with Crippen LogP contribution in [0.3, 0.4) is 0 Å². The highest BCUT2D eigenvalue weighted by molar-refractivity contribution is 5.99. The normalized spacial score (nSPS) is 16.7. The van der Waals surface area contributed by atoms with Crippen LogP contribution in [0.4, 0.5) is 17.6 Å². The molecule has 0 bridgehead atoms. The number of carbonyl (C=O) groups is 2. The number of hydrogen-bond donors (Lipinski definition) is 1. The largest absolute Gasteiger partial charge is 0.573 e. The fourth-order valence-corrected chi connectivity index (χ4v) is 4.09. The van der Waals surface area contributed by atoms with E-state index in [0.717, 1.165) is 12.1 Å². The molecule has 0 saturated heterocycles. The van der Waals surface area contributed by atoms with Crippen LogP contribution in [0.5, 0.6) is 17.2 Å². The minimum absolute atomic E-state index is 0.0380. The number of fused-ring (bicyclic) bond motifs is 1. The quantitative estimate of drug-likeness (QED) is 0.381. The number of benzene rings is 2. The maximum atomic E-state index is 14.8. The molecular weight excluding hydrogens is 500 g/mol. The van der Waals surface area contributed by atoms with E-state index in [1.165, 1.54) is 44.7 Å². The number of amides is 1. The molecule has 1 aromatic heterocycles. The fourth-order valence-electron chi connectivity index (χ4n) is 4.09. The number of nitrogens with one attached hydrogen (secondary N) is 1. The number of halogens is 4. The van der Waals surface area contributed by atoms with Crippen molar-refractivity contribution in [2.24, 2.45) is 0 Å². The Morgan fingerprint density at radius 3 is 2.54 bits per heavy atom. The van der Waals surface area contributed by atoms with Crippen molar-refractivity contribution in [3.8, 4) is 17.2 Å². The highest BCUT2D eigenvalue weighted by Gasteiger charge is 2.43. The number of pyridine rings is 1. The Kier molecular flexibility index (Phi) is 6.92. The molecule has 0 saturated carbocycles. The summed E-state index contributed by atoms with van der Waals surface area (Å²) in [6, 6.07) is 10.2. The van der Waals surface area contributed by atoms with Gasteiger partial charge in [-0.25, -0.2) is 9.18 Å².